The first-order valence-electron chi connectivity index (χ1n) is 7.89. The molecule has 0 spiro atoms. The average Bonchev–Trinajstić information content (AvgIpc) is 2.60. The van der Waals surface area contributed by atoms with Crippen molar-refractivity contribution >= 4 is 29.0 Å². The van der Waals surface area contributed by atoms with Crippen LogP contribution in [0.5, 0.6) is 0 Å². The summed E-state index contributed by atoms with van der Waals surface area (Å²) in [4.78, 5) is 25.0. The lowest BCUT2D eigenvalue weighted by Crippen LogP contribution is -2.40. The molecule has 0 aliphatic heterocycles. The molecule has 2 aromatic carbocycles. The van der Waals surface area contributed by atoms with Crippen LogP contribution in [0.25, 0.3) is 0 Å². The maximum absolute atomic E-state index is 12.7. The van der Waals surface area contributed by atoms with Gasteiger partial charge in [-0.1, -0.05) is 62.2 Å². The fourth-order valence-electron chi connectivity index (χ4n) is 2.29. The minimum absolute atomic E-state index is 0.0393. The molecule has 0 aliphatic carbocycles. The Kier molecular flexibility index (Phi) is 6.12. The molecule has 126 valence electrons. The van der Waals surface area contributed by atoms with Crippen LogP contribution in [-0.4, -0.2) is 17.7 Å². The molecule has 2 rings (SSSR count). The van der Waals surface area contributed by atoms with E-state index in [1.807, 2.05) is 19.9 Å². The third-order valence-corrected chi connectivity index (χ3v) is 4.31. The van der Waals surface area contributed by atoms with E-state index in [-0.39, 0.29) is 17.6 Å². The fraction of sp³-hybridized carbons (Fsp3) is 0.263. The molecule has 0 radical (unpaired) electrons. The zero-order valence-electron chi connectivity index (χ0n) is 13.8. The lowest BCUT2D eigenvalue weighted by Gasteiger charge is -2.19. The second kappa shape index (κ2) is 8.08. The van der Waals surface area contributed by atoms with Gasteiger partial charge in [0.1, 0.15) is 0 Å². The van der Waals surface area contributed by atoms with Crippen molar-refractivity contribution in [3.8, 4) is 0 Å². The molecular weight excluding hydrogens is 324 g/mol. The van der Waals surface area contributed by atoms with Gasteiger partial charge in [0.15, 0.2) is 5.78 Å². The van der Waals surface area contributed by atoms with E-state index in [1.165, 1.54) is 0 Å². The highest BCUT2D eigenvalue weighted by Gasteiger charge is 2.22. The topological polar surface area (TPSA) is 72.2 Å². The molecule has 24 heavy (non-hydrogen) atoms. The summed E-state index contributed by atoms with van der Waals surface area (Å²) in [5.74, 6) is -0.467. The van der Waals surface area contributed by atoms with Crippen LogP contribution < -0.4 is 11.1 Å². The van der Waals surface area contributed by atoms with Crippen molar-refractivity contribution in [3.05, 3.63) is 64.7 Å². The summed E-state index contributed by atoms with van der Waals surface area (Å²) in [5.41, 5.74) is 7.27. The maximum atomic E-state index is 12.7. The van der Waals surface area contributed by atoms with E-state index in [1.54, 1.807) is 42.5 Å². The zero-order valence-corrected chi connectivity index (χ0v) is 14.5. The van der Waals surface area contributed by atoms with E-state index in [0.717, 1.165) is 6.42 Å². The van der Waals surface area contributed by atoms with Gasteiger partial charge in [0.25, 0.3) is 0 Å². The average molecular weight is 345 g/mol. The molecule has 2 aromatic rings. The van der Waals surface area contributed by atoms with Crippen molar-refractivity contribution in [1.82, 2.24) is 0 Å². The van der Waals surface area contributed by atoms with Crippen LogP contribution in [0.3, 0.4) is 0 Å². The van der Waals surface area contributed by atoms with Crippen molar-refractivity contribution in [2.75, 3.05) is 5.32 Å². The van der Waals surface area contributed by atoms with Crippen molar-refractivity contribution in [1.29, 1.82) is 0 Å². The van der Waals surface area contributed by atoms with Gasteiger partial charge in [-0.3, -0.25) is 9.59 Å². The van der Waals surface area contributed by atoms with Gasteiger partial charge in [0, 0.05) is 16.1 Å². The minimum Gasteiger partial charge on any atom is -0.324 e. The number of hydrogen-bond acceptors (Lipinski definition) is 3. The number of ketones is 1. The standard InChI is InChI=1S/C19H21ClN2O2/c1-3-12(2)17(21)19(24)22-16-11-14(20)9-10-15(16)18(23)13-7-5-4-6-8-13/h4-12,17H,3,21H2,1-2H3,(H,22,24)/t12-,17-/m0/s1. The lowest BCUT2D eigenvalue weighted by molar-refractivity contribution is -0.118. The molecule has 0 heterocycles. The van der Waals surface area contributed by atoms with Gasteiger partial charge < -0.3 is 11.1 Å². The molecule has 2 atom stereocenters. The van der Waals surface area contributed by atoms with E-state index in [4.69, 9.17) is 17.3 Å². The highest BCUT2D eigenvalue weighted by atomic mass is 35.5. The molecule has 0 unspecified atom stereocenters. The van der Waals surface area contributed by atoms with E-state index >= 15 is 0 Å². The predicted molar refractivity (Wildman–Crippen MR) is 97.4 cm³/mol. The summed E-state index contributed by atoms with van der Waals surface area (Å²) in [6.45, 7) is 3.89. The van der Waals surface area contributed by atoms with Gasteiger partial charge in [-0.05, 0) is 24.1 Å². The molecule has 0 aromatic heterocycles. The summed E-state index contributed by atoms with van der Waals surface area (Å²) in [7, 11) is 0. The molecule has 3 N–H and O–H groups in total. The van der Waals surface area contributed by atoms with Gasteiger partial charge in [-0.2, -0.15) is 0 Å². The Morgan fingerprint density at radius 3 is 2.46 bits per heavy atom. The number of hydrogen-bond donors (Lipinski definition) is 2. The molecular formula is C19H21ClN2O2. The zero-order chi connectivity index (χ0) is 17.7. The Morgan fingerprint density at radius 1 is 1.17 bits per heavy atom. The molecule has 1 amide bonds. The number of amides is 1. The summed E-state index contributed by atoms with van der Waals surface area (Å²) < 4.78 is 0. The second-order valence-electron chi connectivity index (χ2n) is 5.79. The minimum atomic E-state index is -0.645. The molecule has 0 fully saturated rings. The number of rotatable bonds is 6. The van der Waals surface area contributed by atoms with E-state index in [0.29, 0.717) is 21.8 Å². The van der Waals surface area contributed by atoms with Gasteiger partial charge in [0.05, 0.1) is 11.7 Å². The first-order chi connectivity index (χ1) is 11.4. The van der Waals surface area contributed by atoms with Gasteiger partial charge in [-0.15, -0.1) is 0 Å². The quantitative estimate of drug-likeness (QED) is 0.781. The fourth-order valence-corrected chi connectivity index (χ4v) is 2.46. The molecule has 5 heteroatoms. The van der Waals surface area contributed by atoms with Crippen LogP contribution in [0.2, 0.25) is 5.02 Å². The normalized spacial score (nSPS) is 13.2. The lowest BCUT2D eigenvalue weighted by atomic mass is 9.98. The number of nitrogens with one attached hydrogen (secondary N) is 1. The Labute approximate surface area is 147 Å². The summed E-state index contributed by atoms with van der Waals surface area (Å²) in [6.07, 6.45) is 0.792. The van der Waals surface area contributed by atoms with Crippen LogP contribution in [0.4, 0.5) is 5.69 Å². The SMILES string of the molecule is CC[C@H](C)[C@H](N)C(=O)Nc1cc(Cl)ccc1C(=O)c1ccccc1. The number of anilines is 1. The van der Waals surface area contributed by atoms with Crippen LogP contribution in [0.15, 0.2) is 48.5 Å². The number of nitrogens with two attached hydrogens (primary N) is 1. The number of benzene rings is 2. The highest BCUT2D eigenvalue weighted by molar-refractivity contribution is 6.31. The number of carbonyl (C=O) groups is 2. The Balaban J connectivity index is 2.32. The largest absolute Gasteiger partial charge is 0.324 e. The second-order valence-corrected chi connectivity index (χ2v) is 6.22. The Bertz CT molecular complexity index is 731. The van der Waals surface area contributed by atoms with E-state index in [2.05, 4.69) is 5.32 Å². The summed E-state index contributed by atoms with van der Waals surface area (Å²) >= 11 is 6.03. The predicted octanol–water partition coefficient (Wildman–Crippen LogP) is 3.88. The van der Waals surface area contributed by atoms with Crippen molar-refractivity contribution in [2.24, 2.45) is 11.7 Å². The third-order valence-electron chi connectivity index (χ3n) is 4.08. The Morgan fingerprint density at radius 2 is 1.83 bits per heavy atom. The summed E-state index contributed by atoms with van der Waals surface area (Å²) in [5, 5.41) is 3.18. The van der Waals surface area contributed by atoms with Crippen LogP contribution >= 0.6 is 11.6 Å². The van der Waals surface area contributed by atoms with Gasteiger partial charge in [0.2, 0.25) is 5.91 Å². The summed E-state index contributed by atoms with van der Waals surface area (Å²) in [6, 6.07) is 13.0. The third kappa shape index (κ3) is 4.22. The maximum Gasteiger partial charge on any atom is 0.241 e. The van der Waals surface area contributed by atoms with Crippen molar-refractivity contribution in [3.63, 3.8) is 0 Å². The van der Waals surface area contributed by atoms with Gasteiger partial charge in [-0.25, -0.2) is 0 Å². The molecule has 0 saturated heterocycles. The van der Waals surface area contributed by atoms with Crippen molar-refractivity contribution < 1.29 is 9.59 Å². The van der Waals surface area contributed by atoms with Gasteiger partial charge >= 0.3 is 0 Å². The smallest absolute Gasteiger partial charge is 0.241 e. The first-order valence-corrected chi connectivity index (χ1v) is 8.27. The monoisotopic (exact) mass is 344 g/mol. The Hall–Kier alpha value is -2.17. The molecule has 0 aliphatic rings. The highest BCUT2D eigenvalue weighted by Crippen LogP contribution is 2.24. The van der Waals surface area contributed by atoms with Crippen LogP contribution in [-0.2, 0) is 4.79 Å². The molecule has 0 bridgehead atoms. The number of halogens is 1. The molecule has 0 saturated carbocycles. The van der Waals surface area contributed by atoms with E-state index < -0.39 is 6.04 Å². The van der Waals surface area contributed by atoms with Crippen LogP contribution in [0, 0.1) is 5.92 Å². The van der Waals surface area contributed by atoms with E-state index in [9.17, 15) is 9.59 Å². The number of carbonyl (C=O) groups excluding carboxylic acids is 2. The first kappa shape index (κ1) is 18.2. The molecule has 4 nitrogen and oxygen atoms in total. The van der Waals surface area contributed by atoms with Crippen molar-refractivity contribution in [2.45, 2.75) is 26.3 Å². The van der Waals surface area contributed by atoms with Crippen LogP contribution in [0.1, 0.15) is 36.2 Å².